The second kappa shape index (κ2) is 3.97. The second-order valence-electron chi connectivity index (χ2n) is 3.10. The molecule has 62 valence electrons. The molecule has 0 radical (unpaired) electrons. The third-order valence-corrected chi connectivity index (χ3v) is 1.76. The first-order valence-electron chi connectivity index (χ1n) is 4.23. The summed E-state index contributed by atoms with van der Waals surface area (Å²) in [5.74, 6) is 6.47. The molecule has 0 amide bonds. The standard InChI is InChI=1S/C12H14/c1-4-5-12-7-6-10(2)8-11(3)9-12/h6-9,11H,1-3H3. The van der Waals surface area contributed by atoms with Crippen molar-refractivity contribution < 1.29 is 0 Å². The lowest BCUT2D eigenvalue weighted by molar-refractivity contribution is 0.930. The Kier molecular flexibility index (Phi) is 2.94. The van der Waals surface area contributed by atoms with Gasteiger partial charge in [-0.25, -0.2) is 0 Å². The normalized spacial score (nSPS) is 21.8. The summed E-state index contributed by atoms with van der Waals surface area (Å²) in [6, 6.07) is 0. The molecular formula is C12H14. The Labute approximate surface area is 74.7 Å². The van der Waals surface area contributed by atoms with Gasteiger partial charge in [0.25, 0.3) is 0 Å². The highest BCUT2D eigenvalue weighted by Crippen LogP contribution is 2.14. The maximum Gasteiger partial charge on any atom is 0.0211 e. The second-order valence-corrected chi connectivity index (χ2v) is 3.10. The fourth-order valence-electron chi connectivity index (χ4n) is 1.31. The number of rotatable bonds is 0. The van der Waals surface area contributed by atoms with E-state index in [4.69, 9.17) is 0 Å². The minimum Gasteiger partial charge on any atom is -0.101 e. The van der Waals surface area contributed by atoms with Crippen molar-refractivity contribution >= 4 is 0 Å². The fourth-order valence-corrected chi connectivity index (χ4v) is 1.31. The van der Waals surface area contributed by atoms with E-state index in [2.05, 4.69) is 50.0 Å². The van der Waals surface area contributed by atoms with Gasteiger partial charge in [-0.2, -0.15) is 0 Å². The summed E-state index contributed by atoms with van der Waals surface area (Å²) in [7, 11) is 0. The molecule has 0 spiro atoms. The molecule has 0 aliphatic heterocycles. The summed E-state index contributed by atoms with van der Waals surface area (Å²) in [4.78, 5) is 0. The molecule has 1 rings (SSSR count). The summed E-state index contributed by atoms with van der Waals surface area (Å²) in [5, 5.41) is 0. The van der Waals surface area contributed by atoms with E-state index < -0.39 is 0 Å². The van der Waals surface area contributed by atoms with Crippen LogP contribution >= 0.6 is 0 Å². The molecule has 0 aromatic heterocycles. The quantitative estimate of drug-likeness (QED) is 0.475. The van der Waals surface area contributed by atoms with E-state index in [0.717, 1.165) is 5.57 Å². The van der Waals surface area contributed by atoms with Gasteiger partial charge in [0.05, 0.1) is 0 Å². The molecule has 0 saturated heterocycles. The van der Waals surface area contributed by atoms with Crippen LogP contribution in [0.25, 0.3) is 0 Å². The monoisotopic (exact) mass is 158 g/mol. The summed E-state index contributed by atoms with van der Waals surface area (Å²) in [5.41, 5.74) is 2.43. The molecule has 0 bridgehead atoms. The minimum atomic E-state index is 0.496. The maximum absolute atomic E-state index is 3.07. The van der Waals surface area contributed by atoms with E-state index in [0.29, 0.717) is 5.92 Å². The Morgan fingerprint density at radius 2 is 2.00 bits per heavy atom. The first-order valence-corrected chi connectivity index (χ1v) is 4.23. The lowest BCUT2D eigenvalue weighted by Crippen LogP contribution is -1.83. The molecule has 0 saturated carbocycles. The maximum atomic E-state index is 3.07. The van der Waals surface area contributed by atoms with Crippen molar-refractivity contribution in [3.05, 3.63) is 35.5 Å². The summed E-state index contributed by atoms with van der Waals surface area (Å²) >= 11 is 0. The average molecular weight is 158 g/mol. The molecule has 12 heavy (non-hydrogen) atoms. The molecule has 0 fully saturated rings. The van der Waals surface area contributed by atoms with Crippen molar-refractivity contribution in [2.24, 2.45) is 5.92 Å². The first-order chi connectivity index (χ1) is 5.72. The smallest absolute Gasteiger partial charge is 0.0211 e. The molecule has 0 heteroatoms. The summed E-state index contributed by atoms with van der Waals surface area (Å²) < 4.78 is 0. The van der Waals surface area contributed by atoms with Crippen LogP contribution in [0.3, 0.4) is 0 Å². The molecule has 1 atom stereocenters. The lowest BCUT2D eigenvalue weighted by Gasteiger charge is -1.96. The van der Waals surface area contributed by atoms with Crippen molar-refractivity contribution in [2.75, 3.05) is 0 Å². The third kappa shape index (κ3) is 2.43. The van der Waals surface area contributed by atoms with Crippen LogP contribution in [0.1, 0.15) is 20.8 Å². The Morgan fingerprint density at radius 3 is 2.67 bits per heavy atom. The number of hydrogen-bond acceptors (Lipinski definition) is 0. The van der Waals surface area contributed by atoms with E-state index in [1.54, 1.807) is 0 Å². The Bertz CT molecular complexity index is 303. The van der Waals surface area contributed by atoms with E-state index in [1.807, 2.05) is 6.92 Å². The van der Waals surface area contributed by atoms with Gasteiger partial charge in [0.2, 0.25) is 0 Å². The van der Waals surface area contributed by atoms with Gasteiger partial charge >= 0.3 is 0 Å². The van der Waals surface area contributed by atoms with Gasteiger partial charge in [-0.1, -0.05) is 36.6 Å². The van der Waals surface area contributed by atoms with Crippen LogP contribution < -0.4 is 0 Å². The van der Waals surface area contributed by atoms with Crippen LogP contribution in [0.15, 0.2) is 35.5 Å². The van der Waals surface area contributed by atoms with Gasteiger partial charge in [-0.15, -0.1) is 5.92 Å². The molecule has 1 aliphatic carbocycles. The van der Waals surface area contributed by atoms with Crippen LogP contribution in [-0.2, 0) is 0 Å². The Balaban J connectivity index is 2.92. The molecule has 0 nitrogen and oxygen atoms in total. The molecular weight excluding hydrogens is 144 g/mol. The van der Waals surface area contributed by atoms with Gasteiger partial charge in [0.1, 0.15) is 0 Å². The largest absolute Gasteiger partial charge is 0.101 e. The van der Waals surface area contributed by atoms with Gasteiger partial charge in [-0.3, -0.25) is 0 Å². The summed E-state index contributed by atoms with van der Waals surface area (Å²) in [6.07, 6.45) is 8.61. The van der Waals surface area contributed by atoms with Crippen molar-refractivity contribution in [1.82, 2.24) is 0 Å². The van der Waals surface area contributed by atoms with Crippen molar-refractivity contribution in [3.8, 4) is 11.8 Å². The highest BCUT2D eigenvalue weighted by molar-refractivity contribution is 5.43. The van der Waals surface area contributed by atoms with E-state index in [9.17, 15) is 0 Å². The molecule has 0 aromatic rings. The molecule has 0 heterocycles. The van der Waals surface area contributed by atoms with Crippen molar-refractivity contribution in [2.45, 2.75) is 20.8 Å². The zero-order valence-corrected chi connectivity index (χ0v) is 7.89. The van der Waals surface area contributed by atoms with Crippen LogP contribution in [0.2, 0.25) is 0 Å². The zero-order chi connectivity index (χ0) is 8.97. The van der Waals surface area contributed by atoms with E-state index in [-0.39, 0.29) is 0 Å². The van der Waals surface area contributed by atoms with Crippen LogP contribution in [-0.4, -0.2) is 0 Å². The van der Waals surface area contributed by atoms with Crippen molar-refractivity contribution in [1.29, 1.82) is 0 Å². The number of allylic oxidation sites excluding steroid dienone is 6. The van der Waals surface area contributed by atoms with Crippen LogP contribution in [0.4, 0.5) is 0 Å². The third-order valence-electron chi connectivity index (χ3n) is 1.76. The Morgan fingerprint density at radius 1 is 1.25 bits per heavy atom. The average Bonchev–Trinajstić information content (AvgIpc) is 2.13. The topological polar surface area (TPSA) is 0 Å². The van der Waals surface area contributed by atoms with Crippen LogP contribution in [0, 0.1) is 17.8 Å². The number of hydrogen-bond donors (Lipinski definition) is 0. The summed E-state index contributed by atoms with van der Waals surface area (Å²) in [6.45, 7) is 6.15. The zero-order valence-electron chi connectivity index (χ0n) is 7.89. The van der Waals surface area contributed by atoms with Gasteiger partial charge in [0.15, 0.2) is 0 Å². The van der Waals surface area contributed by atoms with E-state index >= 15 is 0 Å². The molecule has 0 aromatic carbocycles. The highest BCUT2D eigenvalue weighted by atomic mass is 14.0. The molecule has 1 aliphatic rings. The van der Waals surface area contributed by atoms with Crippen LogP contribution in [0.5, 0.6) is 0 Å². The minimum absolute atomic E-state index is 0.496. The predicted molar refractivity (Wildman–Crippen MR) is 53.6 cm³/mol. The SMILES string of the molecule is CC#CC1=CC(C)C=C(C)C=C1. The van der Waals surface area contributed by atoms with E-state index in [1.165, 1.54) is 5.57 Å². The molecule has 1 unspecified atom stereocenters. The Hall–Kier alpha value is -1.22. The highest BCUT2D eigenvalue weighted by Gasteiger charge is 1.98. The molecule has 0 N–H and O–H groups in total. The first kappa shape index (κ1) is 8.87. The predicted octanol–water partition coefficient (Wildman–Crippen LogP) is 3.09. The lowest BCUT2D eigenvalue weighted by atomic mass is 10.1. The fraction of sp³-hybridized carbons (Fsp3) is 0.333. The van der Waals surface area contributed by atoms with Gasteiger partial charge in [-0.05, 0) is 25.8 Å². The van der Waals surface area contributed by atoms with Gasteiger partial charge < -0.3 is 0 Å². The van der Waals surface area contributed by atoms with Crippen molar-refractivity contribution in [3.63, 3.8) is 0 Å². The van der Waals surface area contributed by atoms with Gasteiger partial charge in [0, 0.05) is 5.57 Å².